The minimum Gasteiger partial charge on any atom is -0.368 e. The molecular formula is C17H25N3. The highest BCUT2D eigenvalue weighted by atomic mass is 15.1. The van der Waals surface area contributed by atoms with Crippen LogP contribution in [0.2, 0.25) is 0 Å². The summed E-state index contributed by atoms with van der Waals surface area (Å²) in [4.78, 5) is 8.98. The molecular weight excluding hydrogens is 246 g/mol. The number of nitrogens with zero attached hydrogens (tertiary/aromatic N) is 2. The van der Waals surface area contributed by atoms with Crippen molar-refractivity contribution >= 4 is 11.7 Å². The van der Waals surface area contributed by atoms with Crippen LogP contribution in [0.25, 0.3) is 0 Å². The van der Waals surface area contributed by atoms with Gasteiger partial charge in [0.05, 0.1) is 5.70 Å². The van der Waals surface area contributed by atoms with Gasteiger partial charge in [-0.3, -0.25) is 0 Å². The molecule has 0 aromatic carbocycles. The maximum absolute atomic E-state index is 5.96. The molecule has 0 aromatic heterocycles. The van der Waals surface area contributed by atoms with Gasteiger partial charge in [0, 0.05) is 11.6 Å². The molecule has 108 valence electrons. The Morgan fingerprint density at radius 1 is 1.35 bits per heavy atom. The molecule has 0 spiro atoms. The van der Waals surface area contributed by atoms with Crippen molar-refractivity contribution in [1.82, 2.24) is 0 Å². The van der Waals surface area contributed by atoms with Crippen LogP contribution in [0.1, 0.15) is 34.6 Å². The quantitative estimate of drug-likeness (QED) is 0.772. The third kappa shape index (κ3) is 3.56. The van der Waals surface area contributed by atoms with E-state index in [4.69, 9.17) is 5.73 Å². The minimum absolute atomic E-state index is 0.230. The normalized spacial score (nSPS) is 21.1. The Bertz CT molecular complexity index is 528. The summed E-state index contributed by atoms with van der Waals surface area (Å²) in [7, 11) is 0. The fraction of sp³-hybridized carbons (Fsp3) is 0.412. The van der Waals surface area contributed by atoms with Crippen LogP contribution in [-0.2, 0) is 0 Å². The van der Waals surface area contributed by atoms with E-state index in [0.717, 1.165) is 17.0 Å². The van der Waals surface area contributed by atoms with Crippen LogP contribution < -0.4 is 5.73 Å². The molecule has 20 heavy (non-hydrogen) atoms. The van der Waals surface area contributed by atoms with Crippen LogP contribution in [0.15, 0.2) is 57.7 Å². The molecule has 1 rings (SSSR count). The molecule has 1 aliphatic heterocycles. The Labute approximate surface area is 122 Å². The smallest absolute Gasteiger partial charge is 0.220 e. The van der Waals surface area contributed by atoms with E-state index >= 15 is 0 Å². The summed E-state index contributed by atoms with van der Waals surface area (Å²) in [5.41, 5.74) is 10.1. The first-order chi connectivity index (χ1) is 9.42. The van der Waals surface area contributed by atoms with Crippen LogP contribution in [-0.4, -0.2) is 11.7 Å². The van der Waals surface area contributed by atoms with Gasteiger partial charge in [-0.15, -0.1) is 0 Å². The second-order valence-corrected chi connectivity index (χ2v) is 5.27. The summed E-state index contributed by atoms with van der Waals surface area (Å²) < 4.78 is 0. The van der Waals surface area contributed by atoms with Crippen molar-refractivity contribution in [3.63, 3.8) is 0 Å². The van der Waals surface area contributed by atoms with Gasteiger partial charge in [-0.1, -0.05) is 51.7 Å². The zero-order valence-corrected chi connectivity index (χ0v) is 13.1. The van der Waals surface area contributed by atoms with E-state index in [0.29, 0.717) is 11.9 Å². The molecule has 0 amide bonds. The Morgan fingerprint density at radius 3 is 2.50 bits per heavy atom. The molecule has 0 saturated heterocycles. The molecule has 1 heterocycles. The van der Waals surface area contributed by atoms with E-state index in [-0.39, 0.29) is 5.92 Å². The number of allylic oxidation sites excluding steroid dienone is 5. The van der Waals surface area contributed by atoms with Gasteiger partial charge in [0.2, 0.25) is 5.96 Å². The standard InChI is InChI=1S/C17H25N3/c1-7-9-14(10-8-2)16-13(6)12(5)15(11(3)4)19-17(18)20-16/h7-12H,1H2,2-6H3,(H2,18,20)/b10-8-,14-9+. The summed E-state index contributed by atoms with van der Waals surface area (Å²) >= 11 is 0. The molecule has 0 aromatic rings. The van der Waals surface area contributed by atoms with Gasteiger partial charge in [-0.25, -0.2) is 9.98 Å². The number of nitrogens with two attached hydrogens (primary N) is 1. The van der Waals surface area contributed by atoms with Crippen LogP contribution in [0.3, 0.4) is 0 Å². The largest absolute Gasteiger partial charge is 0.368 e. The molecule has 0 saturated carbocycles. The first-order valence-electron chi connectivity index (χ1n) is 7.01. The summed E-state index contributed by atoms with van der Waals surface area (Å²) in [6, 6.07) is 0. The van der Waals surface area contributed by atoms with Crippen molar-refractivity contribution in [2.24, 2.45) is 27.6 Å². The van der Waals surface area contributed by atoms with Gasteiger partial charge >= 0.3 is 0 Å². The molecule has 0 aliphatic carbocycles. The lowest BCUT2D eigenvalue weighted by Crippen LogP contribution is -2.21. The van der Waals surface area contributed by atoms with Gasteiger partial charge in [-0.2, -0.15) is 0 Å². The average Bonchev–Trinajstić information content (AvgIpc) is 2.50. The summed E-state index contributed by atoms with van der Waals surface area (Å²) in [6.45, 7) is 14.3. The Kier molecular flexibility index (Phi) is 5.68. The molecule has 3 heteroatoms. The predicted molar refractivity (Wildman–Crippen MR) is 88.9 cm³/mol. The first kappa shape index (κ1) is 16.2. The molecule has 1 unspecified atom stereocenters. The van der Waals surface area contributed by atoms with Crippen molar-refractivity contribution in [3.05, 3.63) is 47.7 Å². The van der Waals surface area contributed by atoms with Crippen molar-refractivity contribution in [1.29, 1.82) is 0 Å². The maximum Gasteiger partial charge on any atom is 0.220 e. The third-order valence-electron chi connectivity index (χ3n) is 3.45. The zero-order valence-electron chi connectivity index (χ0n) is 13.1. The molecule has 1 aliphatic rings. The fourth-order valence-corrected chi connectivity index (χ4v) is 2.32. The average molecular weight is 271 g/mol. The maximum atomic E-state index is 5.96. The lowest BCUT2D eigenvalue weighted by atomic mass is 9.88. The van der Waals surface area contributed by atoms with E-state index in [9.17, 15) is 0 Å². The fourth-order valence-electron chi connectivity index (χ4n) is 2.32. The Balaban J connectivity index is 3.44. The highest BCUT2D eigenvalue weighted by Crippen LogP contribution is 2.28. The third-order valence-corrected chi connectivity index (χ3v) is 3.45. The number of guanidine groups is 1. The number of rotatable bonds is 4. The number of aliphatic imine (C=N–C) groups is 2. The first-order valence-corrected chi connectivity index (χ1v) is 7.01. The molecule has 0 bridgehead atoms. The topological polar surface area (TPSA) is 50.7 Å². The highest BCUT2D eigenvalue weighted by Gasteiger charge is 2.22. The van der Waals surface area contributed by atoms with E-state index in [1.807, 2.05) is 25.2 Å². The molecule has 0 radical (unpaired) electrons. The lowest BCUT2D eigenvalue weighted by molar-refractivity contribution is 0.780. The van der Waals surface area contributed by atoms with Gasteiger partial charge in [0.25, 0.3) is 0 Å². The molecule has 1 atom stereocenters. The van der Waals surface area contributed by atoms with E-state index < -0.39 is 0 Å². The lowest BCUT2D eigenvalue weighted by Gasteiger charge is -2.18. The monoisotopic (exact) mass is 271 g/mol. The number of hydrogen-bond donors (Lipinski definition) is 1. The van der Waals surface area contributed by atoms with Crippen molar-refractivity contribution < 1.29 is 0 Å². The van der Waals surface area contributed by atoms with Gasteiger partial charge in [-0.05, 0) is 30.9 Å². The van der Waals surface area contributed by atoms with E-state index in [1.54, 1.807) is 6.08 Å². The summed E-state index contributed by atoms with van der Waals surface area (Å²) in [6.07, 6.45) is 7.72. The van der Waals surface area contributed by atoms with E-state index in [1.165, 1.54) is 5.57 Å². The van der Waals surface area contributed by atoms with Crippen molar-refractivity contribution in [2.75, 3.05) is 0 Å². The molecule has 0 fully saturated rings. The Morgan fingerprint density at radius 2 is 2.00 bits per heavy atom. The molecule has 2 N–H and O–H groups in total. The second-order valence-electron chi connectivity index (χ2n) is 5.27. The van der Waals surface area contributed by atoms with Gasteiger partial charge < -0.3 is 5.73 Å². The highest BCUT2D eigenvalue weighted by molar-refractivity contribution is 6.01. The summed E-state index contributed by atoms with van der Waals surface area (Å²) in [5, 5.41) is 0. The van der Waals surface area contributed by atoms with Crippen LogP contribution in [0, 0.1) is 11.8 Å². The van der Waals surface area contributed by atoms with Crippen LogP contribution >= 0.6 is 0 Å². The van der Waals surface area contributed by atoms with Gasteiger partial charge in [0.15, 0.2) is 0 Å². The second kappa shape index (κ2) is 7.04. The predicted octanol–water partition coefficient (Wildman–Crippen LogP) is 4.01. The minimum atomic E-state index is 0.230. The van der Waals surface area contributed by atoms with Gasteiger partial charge in [0.1, 0.15) is 0 Å². The van der Waals surface area contributed by atoms with Crippen LogP contribution in [0.4, 0.5) is 0 Å². The number of hydrogen-bond acceptors (Lipinski definition) is 3. The SMILES string of the molecule is C=C/C=C(\C=C/C)C1=C(C)C(C)C(C(C)C)=NC(N)=N1. The Hall–Kier alpha value is -1.90. The van der Waals surface area contributed by atoms with Crippen LogP contribution in [0.5, 0.6) is 0 Å². The van der Waals surface area contributed by atoms with Crippen molar-refractivity contribution in [2.45, 2.75) is 34.6 Å². The zero-order chi connectivity index (χ0) is 15.3. The summed E-state index contributed by atoms with van der Waals surface area (Å²) in [5.74, 6) is 0.904. The van der Waals surface area contributed by atoms with Crippen molar-refractivity contribution in [3.8, 4) is 0 Å². The van der Waals surface area contributed by atoms with E-state index in [2.05, 4.69) is 44.3 Å². The molecule has 3 nitrogen and oxygen atoms in total.